The molecular weight excluding hydrogens is 428 g/mol. The van der Waals surface area contributed by atoms with E-state index < -0.39 is 10.0 Å². The van der Waals surface area contributed by atoms with Crippen LogP contribution in [0.3, 0.4) is 0 Å². The fourth-order valence-corrected chi connectivity index (χ4v) is 6.44. The number of anilines is 2. The van der Waals surface area contributed by atoms with E-state index in [0.29, 0.717) is 11.4 Å². The molecule has 0 saturated carbocycles. The molecule has 0 spiro atoms. The van der Waals surface area contributed by atoms with Crippen molar-refractivity contribution >= 4 is 39.1 Å². The van der Waals surface area contributed by atoms with Crippen LogP contribution in [0.1, 0.15) is 28.5 Å². The molecule has 2 aliphatic rings. The van der Waals surface area contributed by atoms with Gasteiger partial charge in [-0.25, -0.2) is 8.42 Å². The summed E-state index contributed by atoms with van der Waals surface area (Å²) in [5.74, 6) is 0.534. The monoisotopic (exact) mass is 450 g/mol. The smallest absolute Gasteiger partial charge is 0.261 e. The van der Waals surface area contributed by atoms with E-state index in [1.54, 1.807) is 54.2 Å². The lowest BCUT2D eigenvalue weighted by atomic mass is 10.1. The molecule has 5 rings (SSSR count). The highest BCUT2D eigenvalue weighted by Gasteiger charge is 2.34. The van der Waals surface area contributed by atoms with Crippen LogP contribution in [0.5, 0.6) is 0 Å². The van der Waals surface area contributed by atoms with Gasteiger partial charge in [0.05, 0.1) is 10.6 Å². The Kier molecular flexibility index (Phi) is 5.24. The average molecular weight is 451 g/mol. The molecule has 1 atom stereocenters. The number of carbonyl (C=O) groups excluding carboxylic acids is 1. The molecule has 31 heavy (non-hydrogen) atoms. The van der Waals surface area contributed by atoms with Gasteiger partial charge in [0.15, 0.2) is 0 Å². The molecule has 1 N–H and O–H groups in total. The molecule has 0 aromatic heterocycles. The predicted molar refractivity (Wildman–Crippen MR) is 125 cm³/mol. The first-order valence-electron chi connectivity index (χ1n) is 10.2. The number of amides is 1. The van der Waals surface area contributed by atoms with Crippen LogP contribution in [-0.2, 0) is 27.7 Å². The summed E-state index contributed by atoms with van der Waals surface area (Å²) in [6.45, 7) is 0. The maximum absolute atomic E-state index is 12.7. The number of rotatable bonds is 5. The number of sulfonamides is 1. The molecule has 1 unspecified atom stereocenters. The van der Waals surface area contributed by atoms with Crippen molar-refractivity contribution in [2.24, 2.45) is 0 Å². The summed E-state index contributed by atoms with van der Waals surface area (Å²) in [5, 5.41) is -0.119. The minimum absolute atomic E-state index is 0.0989. The Morgan fingerprint density at radius 2 is 1.65 bits per heavy atom. The first-order valence-corrected chi connectivity index (χ1v) is 12.8. The van der Waals surface area contributed by atoms with Crippen LogP contribution in [0.4, 0.5) is 11.4 Å². The maximum atomic E-state index is 12.7. The molecule has 1 saturated heterocycles. The van der Waals surface area contributed by atoms with Gasteiger partial charge in [0.2, 0.25) is 5.91 Å². The Balaban J connectivity index is 1.38. The standard InChI is InChI=1S/C24H22N2O3S2/c27-23-16-30-24(26(23)21-14-11-17-5-4-6-19(17)15-21)18-9-12-20(13-10-18)25-31(28,29)22-7-2-1-3-8-22/h1-3,7-15,24-25H,4-6,16H2. The van der Waals surface area contributed by atoms with E-state index in [1.165, 1.54) is 17.5 Å². The van der Waals surface area contributed by atoms with Gasteiger partial charge in [-0.3, -0.25) is 14.4 Å². The Morgan fingerprint density at radius 1 is 0.903 bits per heavy atom. The molecule has 0 bridgehead atoms. The van der Waals surface area contributed by atoms with E-state index in [9.17, 15) is 13.2 Å². The minimum Gasteiger partial charge on any atom is -0.295 e. The summed E-state index contributed by atoms with van der Waals surface area (Å²) < 4.78 is 27.7. The number of hydrogen-bond acceptors (Lipinski definition) is 4. The van der Waals surface area contributed by atoms with Crippen molar-refractivity contribution < 1.29 is 13.2 Å². The molecular formula is C24H22N2O3S2. The van der Waals surface area contributed by atoms with Crippen LogP contribution >= 0.6 is 11.8 Å². The van der Waals surface area contributed by atoms with Crippen LogP contribution in [0.2, 0.25) is 0 Å². The van der Waals surface area contributed by atoms with Crippen molar-refractivity contribution in [2.45, 2.75) is 29.5 Å². The topological polar surface area (TPSA) is 66.5 Å². The third-order valence-corrected chi connectivity index (χ3v) is 8.34. The highest BCUT2D eigenvalue weighted by Crippen LogP contribution is 2.43. The first kappa shape index (κ1) is 20.2. The van der Waals surface area contributed by atoms with Gasteiger partial charge in [-0.2, -0.15) is 0 Å². The van der Waals surface area contributed by atoms with Crippen molar-refractivity contribution in [2.75, 3.05) is 15.4 Å². The zero-order valence-corrected chi connectivity index (χ0v) is 18.5. The number of aryl methyl sites for hydroxylation is 2. The Labute approximate surface area is 186 Å². The molecule has 3 aromatic carbocycles. The molecule has 1 heterocycles. The fraction of sp³-hybridized carbons (Fsp3) is 0.208. The molecule has 5 nitrogen and oxygen atoms in total. The van der Waals surface area contributed by atoms with Crippen molar-refractivity contribution in [3.63, 3.8) is 0 Å². The molecule has 1 amide bonds. The molecule has 1 aliphatic heterocycles. The lowest BCUT2D eigenvalue weighted by molar-refractivity contribution is -0.115. The van der Waals surface area contributed by atoms with Gasteiger partial charge >= 0.3 is 0 Å². The summed E-state index contributed by atoms with van der Waals surface area (Å²) >= 11 is 1.59. The highest BCUT2D eigenvalue weighted by atomic mass is 32.2. The molecule has 158 valence electrons. The maximum Gasteiger partial charge on any atom is 0.261 e. The van der Waals surface area contributed by atoms with Crippen LogP contribution in [0.25, 0.3) is 0 Å². The fourth-order valence-electron chi connectivity index (χ4n) is 4.19. The predicted octanol–water partition coefficient (Wildman–Crippen LogP) is 4.75. The van der Waals surface area contributed by atoms with Gasteiger partial charge in [-0.05, 0) is 72.4 Å². The summed E-state index contributed by atoms with van der Waals surface area (Å²) in [5.41, 5.74) is 5.13. The number of nitrogens with one attached hydrogen (secondary N) is 1. The van der Waals surface area contributed by atoms with E-state index >= 15 is 0 Å². The molecule has 1 fully saturated rings. The first-order chi connectivity index (χ1) is 15.0. The van der Waals surface area contributed by atoms with E-state index in [4.69, 9.17) is 0 Å². The molecule has 0 radical (unpaired) electrons. The Morgan fingerprint density at radius 3 is 2.42 bits per heavy atom. The van der Waals surface area contributed by atoms with Crippen LogP contribution in [0.15, 0.2) is 77.7 Å². The van der Waals surface area contributed by atoms with Gasteiger partial charge in [0.25, 0.3) is 10.0 Å². The van der Waals surface area contributed by atoms with Crippen molar-refractivity contribution in [3.05, 3.63) is 89.5 Å². The number of fused-ring (bicyclic) bond motifs is 1. The van der Waals surface area contributed by atoms with E-state index in [1.807, 2.05) is 23.1 Å². The van der Waals surface area contributed by atoms with Gasteiger partial charge in [0, 0.05) is 11.4 Å². The lowest BCUT2D eigenvalue weighted by Gasteiger charge is -2.25. The normalized spacial score (nSPS) is 18.3. The molecule has 1 aliphatic carbocycles. The van der Waals surface area contributed by atoms with Crippen molar-refractivity contribution in [1.29, 1.82) is 0 Å². The zero-order chi connectivity index (χ0) is 21.4. The number of benzene rings is 3. The molecule has 3 aromatic rings. The van der Waals surface area contributed by atoms with Gasteiger partial charge < -0.3 is 0 Å². The van der Waals surface area contributed by atoms with E-state index in [0.717, 1.165) is 24.1 Å². The number of nitrogens with zero attached hydrogens (tertiary/aromatic N) is 1. The van der Waals surface area contributed by atoms with Gasteiger partial charge in [-0.15, -0.1) is 11.8 Å². The second-order valence-corrected chi connectivity index (χ2v) is 10.5. The van der Waals surface area contributed by atoms with Gasteiger partial charge in [0.1, 0.15) is 5.37 Å². The van der Waals surface area contributed by atoms with Crippen LogP contribution in [-0.4, -0.2) is 20.1 Å². The van der Waals surface area contributed by atoms with Crippen molar-refractivity contribution in [1.82, 2.24) is 0 Å². The lowest BCUT2D eigenvalue weighted by Crippen LogP contribution is -2.27. The molecule has 7 heteroatoms. The third-order valence-electron chi connectivity index (χ3n) is 5.73. The van der Waals surface area contributed by atoms with Crippen LogP contribution < -0.4 is 9.62 Å². The third kappa shape index (κ3) is 3.95. The quantitative estimate of drug-likeness (QED) is 0.609. The highest BCUT2D eigenvalue weighted by molar-refractivity contribution is 8.00. The Bertz CT molecular complexity index is 1230. The zero-order valence-electron chi connectivity index (χ0n) is 16.8. The SMILES string of the molecule is O=C1CSC(c2ccc(NS(=O)(=O)c3ccccc3)cc2)N1c1ccc2c(c1)CCC2. The number of hydrogen-bond donors (Lipinski definition) is 1. The second-order valence-electron chi connectivity index (χ2n) is 7.77. The summed E-state index contributed by atoms with van der Waals surface area (Å²) in [6, 6.07) is 21.9. The second kappa shape index (κ2) is 8.05. The average Bonchev–Trinajstić information content (AvgIpc) is 3.40. The summed E-state index contributed by atoms with van der Waals surface area (Å²) in [7, 11) is -3.63. The summed E-state index contributed by atoms with van der Waals surface area (Å²) in [4.78, 5) is 14.8. The largest absolute Gasteiger partial charge is 0.295 e. The Hall–Kier alpha value is -2.77. The van der Waals surface area contributed by atoms with Gasteiger partial charge in [-0.1, -0.05) is 36.4 Å². The minimum atomic E-state index is -3.63. The van der Waals surface area contributed by atoms with E-state index in [-0.39, 0.29) is 16.2 Å². The van der Waals surface area contributed by atoms with E-state index in [2.05, 4.69) is 16.9 Å². The van der Waals surface area contributed by atoms with Crippen LogP contribution in [0, 0.1) is 0 Å². The summed E-state index contributed by atoms with van der Waals surface area (Å²) in [6.07, 6.45) is 3.35. The van der Waals surface area contributed by atoms with Crippen molar-refractivity contribution in [3.8, 4) is 0 Å². The number of carbonyl (C=O) groups is 1. The number of thioether (sulfide) groups is 1.